The Balaban J connectivity index is 2.53. The Hall–Kier alpha value is -1.07. The molecule has 1 aromatic rings. The summed E-state index contributed by atoms with van der Waals surface area (Å²) in [4.78, 5) is 15.2. The minimum Gasteiger partial charge on any atom is -0.465 e. The van der Waals surface area contributed by atoms with Crippen molar-refractivity contribution < 1.29 is 14.6 Å². The minimum atomic E-state index is -0.267. The van der Waals surface area contributed by atoms with Crippen LogP contribution in [0.4, 0.5) is 0 Å². The van der Waals surface area contributed by atoms with Crippen molar-refractivity contribution in [2.45, 2.75) is 18.6 Å². The van der Waals surface area contributed by atoms with Gasteiger partial charge in [-0.2, -0.15) is 0 Å². The van der Waals surface area contributed by atoms with Crippen molar-refractivity contribution in [1.29, 1.82) is 0 Å². The van der Waals surface area contributed by atoms with Crippen LogP contribution in [0.1, 0.15) is 12.5 Å². The van der Waals surface area contributed by atoms with Gasteiger partial charge in [-0.05, 0) is 13.0 Å². The lowest BCUT2D eigenvalue weighted by Crippen LogP contribution is -2.07. The monoisotopic (exact) mass is 227 g/mol. The fraction of sp³-hybridized carbons (Fsp3) is 0.400. The lowest BCUT2D eigenvalue weighted by molar-refractivity contribution is -0.139. The van der Waals surface area contributed by atoms with Gasteiger partial charge in [0.2, 0.25) is 0 Å². The van der Waals surface area contributed by atoms with E-state index in [9.17, 15) is 4.79 Å². The molecule has 1 heterocycles. The fourth-order valence-corrected chi connectivity index (χ4v) is 1.80. The van der Waals surface area contributed by atoms with E-state index < -0.39 is 0 Å². The van der Waals surface area contributed by atoms with Crippen molar-refractivity contribution in [3.05, 3.63) is 23.9 Å². The molecule has 1 rings (SSSR count). The molecule has 4 nitrogen and oxygen atoms in total. The molecule has 1 N–H and O–H groups in total. The van der Waals surface area contributed by atoms with Gasteiger partial charge >= 0.3 is 5.97 Å². The maximum atomic E-state index is 11.1. The highest BCUT2D eigenvalue weighted by Crippen LogP contribution is 2.19. The summed E-state index contributed by atoms with van der Waals surface area (Å²) < 4.78 is 4.79. The first-order chi connectivity index (χ1) is 7.27. The van der Waals surface area contributed by atoms with Crippen molar-refractivity contribution in [1.82, 2.24) is 4.98 Å². The van der Waals surface area contributed by atoms with Gasteiger partial charge in [0.05, 0.1) is 19.0 Å². The number of nitrogens with zero attached hydrogens (tertiary/aromatic N) is 1. The molecule has 0 aromatic carbocycles. The second-order valence-electron chi connectivity index (χ2n) is 2.72. The second kappa shape index (κ2) is 6.42. The molecule has 0 fully saturated rings. The van der Waals surface area contributed by atoms with Crippen molar-refractivity contribution in [2.24, 2.45) is 0 Å². The highest BCUT2D eigenvalue weighted by Gasteiger charge is 2.07. The number of aromatic nitrogens is 1. The van der Waals surface area contributed by atoms with Crippen LogP contribution in [-0.4, -0.2) is 28.4 Å². The summed E-state index contributed by atoms with van der Waals surface area (Å²) in [5.41, 5.74) is 0.729. The predicted octanol–water partition coefficient (Wildman–Crippen LogP) is 1.23. The zero-order valence-corrected chi connectivity index (χ0v) is 9.29. The van der Waals surface area contributed by atoms with Crippen LogP contribution in [0.3, 0.4) is 0 Å². The Morgan fingerprint density at radius 2 is 2.47 bits per heavy atom. The largest absolute Gasteiger partial charge is 0.465 e. The number of aliphatic hydroxyl groups excluding tert-OH is 1. The molecule has 0 aliphatic heterocycles. The standard InChI is InChI=1S/C10H13NO3S/c1-2-14-9(13)7-15-10-8(6-12)4-3-5-11-10/h3-5,12H,2,6-7H2,1H3. The fourth-order valence-electron chi connectivity index (χ4n) is 1.00. The van der Waals surface area contributed by atoms with Gasteiger partial charge in [0, 0.05) is 11.8 Å². The van der Waals surface area contributed by atoms with E-state index in [2.05, 4.69) is 4.98 Å². The van der Waals surface area contributed by atoms with Gasteiger partial charge in [0.25, 0.3) is 0 Å². The Labute approximate surface area is 92.7 Å². The molecular formula is C10H13NO3S. The van der Waals surface area contributed by atoms with Crippen LogP contribution < -0.4 is 0 Å². The van der Waals surface area contributed by atoms with Crippen LogP contribution in [0.25, 0.3) is 0 Å². The summed E-state index contributed by atoms with van der Waals surface area (Å²) in [5.74, 6) is -0.0465. The van der Waals surface area contributed by atoms with E-state index in [-0.39, 0.29) is 18.3 Å². The molecule has 0 amide bonds. The number of carbonyl (C=O) groups excluding carboxylic acids is 1. The summed E-state index contributed by atoms with van der Waals surface area (Å²) in [5, 5.41) is 9.69. The summed E-state index contributed by atoms with van der Waals surface area (Å²) in [6.07, 6.45) is 1.63. The molecule has 0 radical (unpaired) electrons. The Bertz CT molecular complexity index is 330. The van der Waals surface area contributed by atoms with E-state index in [0.29, 0.717) is 11.6 Å². The average Bonchev–Trinajstić information content (AvgIpc) is 2.27. The van der Waals surface area contributed by atoms with Crippen molar-refractivity contribution in [3.63, 3.8) is 0 Å². The van der Waals surface area contributed by atoms with Gasteiger partial charge in [-0.3, -0.25) is 4.79 Å². The van der Waals surface area contributed by atoms with Crippen LogP contribution in [0.5, 0.6) is 0 Å². The molecule has 0 spiro atoms. The van der Waals surface area contributed by atoms with Crippen LogP contribution in [-0.2, 0) is 16.1 Å². The molecule has 0 bridgehead atoms. The third-order valence-electron chi connectivity index (χ3n) is 1.65. The van der Waals surface area contributed by atoms with Crippen LogP contribution in [0.15, 0.2) is 23.4 Å². The van der Waals surface area contributed by atoms with Gasteiger partial charge in [-0.15, -0.1) is 0 Å². The van der Waals surface area contributed by atoms with E-state index in [0.717, 1.165) is 5.56 Å². The average molecular weight is 227 g/mol. The molecule has 0 aliphatic rings. The number of esters is 1. The zero-order chi connectivity index (χ0) is 11.1. The second-order valence-corrected chi connectivity index (χ2v) is 3.68. The SMILES string of the molecule is CCOC(=O)CSc1ncccc1CO. The molecule has 0 aliphatic carbocycles. The number of hydrogen-bond acceptors (Lipinski definition) is 5. The first-order valence-corrected chi connectivity index (χ1v) is 5.59. The van der Waals surface area contributed by atoms with Crippen LogP contribution in [0.2, 0.25) is 0 Å². The zero-order valence-electron chi connectivity index (χ0n) is 8.47. The number of thioether (sulfide) groups is 1. The maximum Gasteiger partial charge on any atom is 0.316 e. The molecule has 5 heteroatoms. The minimum absolute atomic E-state index is 0.0704. The summed E-state index contributed by atoms with van der Waals surface area (Å²) >= 11 is 1.27. The smallest absolute Gasteiger partial charge is 0.316 e. The number of ether oxygens (including phenoxy) is 1. The Morgan fingerprint density at radius 3 is 3.13 bits per heavy atom. The molecule has 82 valence electrons. The summed E-state index contributed by atoms with van der Waals surface area (Å²) in [7, 11) is 0. The normalized spacial score (nSPS) is 10.0. The predicted molar refractivity (Wildman–Crippen MR) is 57.5 cm³/mol. The third-order valence-corrected chi connectivity index (χ3v) is 2.67. The van der Waals surface area contributed by atoms with E-state index in [1.165, 1.54) is 11.8 Å². The van der Waals surface area contributed by atoms with E-state index in [1.807, 2.05) is 0 Å². The highest BCUT2D eigenvalue weighted by molar-refractivity contribution is 7.99. The number of aliphatic hydroxyl groups is 1. The molecule has 0 atom stereocenters. The number of rotatable bonds is 5. The Kier molecular flexibility index (Phi) is 5.14. The highest BCUT2D eigenvalue weighted by atomic mass is 32.2. The van der Waals surface area contributed by atoms with Gasteiger partial charge in [-0.25, -0.2) is 4.98 Å². The van der Waals surface area contributed by atoms with Gasteiger partial charge < -0.3 is 9.84 Å². The van der Waals surface area contributed by atoms with Crippen molar-refractivity contribution >= 4 is 17.7 Å². The first-order valence-electron chi connectivity index (χ1n) is 4.61. The van der Waals surface area contributed by atoms with E-state index in [1.54, 1.807) is 25.3 Å². The first kappa shape index (κ1) is 12.0. The molecule has 0 unspecified atom stereocenters. The Morgan fingerprint density at radius 1 is 1.67 bits per heavy atom. The van der Waals surface area contributed by atoms with Crippen molar-refractivity contribution in [2.75, 3.05) is 12.4 Å². The summed E-state index contributed by atoms with van der Waals surface area (Å²) in [6.45, 7) is 2.08. The number of pyridine rings is 1. The lowest BCUT2D eigenvalue weighted by Gasteiger charge is -2.04. The summed E-state index contributed by atoms with van der Waals surface area (Å²) in [6, 6.07) is 3.53. The topological polar surface area (TPSA) is 59.4 Å². The van der Waals surface area contributed by atoms with E-state index in [4.69, 9.17) is 9.84 Å². The molecule has 15 heavy (non-hydrogen) atoms. The molecular weight excluding hydrogens is 214 g/mol. The van der Waals surface area contributed by atoms with Gasteiger partial charge in [0.1, 0.15) is 5.03 Å². The quantitative estimate of drug-likeness (QED) is 0.605. The molecule has 0 saturated carbocycles. The molecule has 1 aromatic heterocycles. The van der Waals surface area contributed by atoms with E-state index >= 15 is 0 Å². The maximum absolute atomic E-state index is 11.1. The van der Waals surface area contributed by atoms with Gasteiger partial charge in [-0.1, -0.05) is 17.8 Å². The third kappa shape index (κ3) is 3.89. The lowest BCUT2D eigenvalue weighted by atomic mass is 10.3. The number of carbonyl (C=O) groups is 1. The molecule has 0 saturated heterocycles. The van der Waals surface area contributed by atoms with Crippen molar-refractivity contribution in [3.8, 4) is 0 Å². The van der Waals surface area contributed by atoms with Crippen LogP contribution >= 0.6 is 11.8 Å². The van der Waals surface area contributed by atoms with Crippen LogP contribution in [0, 0.1) is 0 Å². The number of hydrogen-bond donors (Lipinski definition) is 1. The van der Waals surface area contributed by atoms with Gasteiger partial charge in [0.15, 0.2) is 0 Å².